The molecule has 8 heteroatoms. The molecule has 3 saturated heterocycles. The molecule has 1 N–H and O–H groups in total. The van der Waals surface area contributed by atoms with E-state index in [1.165, 1.54) is 4.90 Å². The fourth-order valence-electron chi connectivity index (χ4n) is 5.04. The molecule has 4 unspecified atom stereocenters. The molecule has 4 atom stereocenters. The van der Waals surface area contributed by atoms with E-state index in [0.717, 1.165) is 48.6 Å². The average Bonchev–Trinajstić information content (AvgIpc) is 3.10. The second-order valence-corrected chi connectivity index (χ2v) is 9.27. The number of amides is 3. The molecule has 164 valence electrons. The summed E-state index contributed by atoms with van der Waals surface area (Å²) in [4.78, 5) is 34.1. The van der Waals surface area contributed by atoms with Gasteiger partial charge in [-0.3, -0.25) is 19.9 Å². The number of nitrogens with one attached hydrogen (secondary N) is 1. The van der Waals surface area contributed by atoms with Gasteiger partial charge in [0.15, 0.2) is 0 Å². The van der Waals surface area contributed by atoms with Gasteiger partial charge in [0.05, 0.1) is 0 Å². The Kier molecular flexibility index (Phi) is 5.97. The number of imide groups is 1. The number of anilines is 1. The molecule has 4 rings (SSSR count). The Morgan fingerprint density at radius 3 is 2.70 bits per heavy atom. The van der Waals surface area contributed by atoms with Crippen LogP contribution in [-0.2, 0) is 4.79 Å². The van der Waals surface area contributed by atoms with Gasteiger partial charge in [-0.15, -0.1) is 0 Å². The van der Waals surface area contributed by atoms with Gasteiger partial charge in [-0.1, -0.05) is 44.4 Å². The lowest BCUT2D eigenvalue weighted by molar-refractivity contribution is -0.138. The molecule has 30 heavy (non-hydrogen) atoms. The number of nitrogens with zero attached hydrogens (tertiary/aromatic N) is 4. The van der Waals surface area contributed by atoms with E-state index in [1.54, 1.807) is 11.9 Å². The van der Waals surface area contributed by atoms with Gasteiger partial charge in [-0.05, 0) is 37.0 Å². The van der Waals surface area contributed by atoms with Crippen LogP contribution in [0.25, 0.3) is 0 Å². The van der Waals surface area contributed by atoms with Crippen LogP contribution in [0.15, 0.2) is 18.2 Å². The summed E-state index contributed by atoms with van der Waals surface area (Å²) in [5.74, 6) is 0.301. The number of halogens is 1. The molecule has 3 aliphatic heterocycles. The molecule has 3 heterocycles. The Hall–Kier alpha value is -1.83. The number of fused-ring (bicyclic) bond motifs is 3. The zero-order chi connectivity index (χ0) is 21.6. The van der Waals surface area contributed by atoms with Gasteiger partial charge in [-0.25, -0.2) is 4.79 Å². The Morgan fingerprint density at radius 2 is 1.97 bits per heavy atom. The van der Waals surface area contributed by atoms with E-state index >= 15 is 0 Å². The highest BCUT2D eigenvalue weighted by Gasteiger charge is 2.56. The van der Waals surface area contributed by atoms with Crippen LogP contribution in [0.4, 0.5) is 10.5 Å². The number of hydrogen-bond acceptors (Lipinski definition) is 5. The summed E-state index contributed by atoms with van der Waals surface area (Å²) in [6.07, 6.45) is 2.44. The number of rotatable bonds is 5. The first-order valence-corrected chi connectivity index (χ1v) is 11.3. The maximum Gasteiger partial charge on any atom is 0.327 e. The van der Waals surface area contributed by atoms with Gasteiger partial charge in [0.25, 0.3) is 5.91 Å². The highest BCUT2D eigenvalue weighted by Crippen LogP contribution is 2.36. The standard InChI is InChI=1S/C22H32ClN5O2/c1-5-6-7-11-26-20(29)18-19(25(4)22(26)30)24-21-27(12-14(2)13-28(18)21)17-10-8-9-16(23)15(17)3/h8-10,14,18-19,21,24H,5-7,11-13H2,1-4H3. The minimum atomic E-state index is -0.371. The van der Waals surface area contributed by atoms with E-state index in [9.17, 15) is 9.59 Å². The first-order chi connectivity index (χ1) is 14.3. The van der Waals surface area contributed by atoms with E-state index in [2.05, 4.69) is 35.0 Å². The quantitative estimate of drug-likeness (QED) is 0.723. The smallest absolute Gasteiger partial charge is 0.327 e. The van der Waals surface area contributed by atoms with Crippen LogP contribution in [-0.4, -0.2) is 71.8 Å². The topological polar surface area (TPSA) is 59.1 Å². The van der Waals surface area contributed by atoms with Crippen LogP contribution in [0.1, 0.15) is 38.7 Å². The number of carbonyl (C=O) groups excluding carboxylic acids is 2. The van der Waals surface area contributed by atoms with Crippen molar-refractivity contribution in [3.05, 3.63) is 28.8 Å². The maximum absolute atomic E-state index is 13.4. The first kappa shape index (κ1) is 21.4. The van der Waals surface area contributed by atoms with Crippen LogP contribution in [0.3, 0.4) is 0 Å². The number of carbonyl (C=O) groups is 2. The first-order valence-electron chi connectivity index (χ1n) is 11.0. The lowest BCUT2D eigenvalue weighted by Gasteiger charge is -2.46. The monoisotopic (exact) mass is 433 g/mol. The van der Waals surface area contributed by atoms with E-state index in [1.807, 2.05) is 19.1 Å². The Balaban J connectivity index is 1.65. The SMILES string of the molecule is CCCCCN1C(=O)C2C(NC3N(c4cccc(Cl)c4C)CC(C)CN23)N(C)C1=O. The fourth-order valence-corrected chi connectivity index (χ4v) is 5.21. The summed E-state index contributed by atoms with van der Waals surface area (Å²) < 4.78 is 0. The fraction of sp³-hybridized carbons (Fsp3) is 0.636. The number of hydrogen-bond donors (Lipinski definition) is 1. The molecule has 0 aliphatic carbocycles. The van der Waals surface area contributed by atoms with Crippen LogP contribution < -0.4 is 10.2 Å². The third-order valence-corrected chi connectivity index (χ3v) is 7.03. The highest BCUT2D eigenvalue weighted by molar-refractivity contribution is 6.31. The van der Waals surface area contributed by atoms with Crippen molar-refractivity contribution in [2.24, 2.45) is 5.92 Å². The average molecular weight is 434 g/mol. The Labute approximate surface area is 183 Å². The van der Waals surface area contributed by atoms with Gasteiger partial charge in [-0.2, -0.15) is 0 Å². The summed E-state index contributed by atoms with van der Waals surface area (Å²) in [6.45, 7) is 8.52. The number of benzene rings is 1. The van der Waals surface area contributed by atoms with Crippen molar-refractivity contribution >= 4 is 29.2 Å². The summed E-state index contributed by atoms with van der Waals surface area (Å²) in [6, 6.07) is 5.37. The van der Waals surface area contributed by atoms with E-state index in [0.29, 0.717) is 12.5 Å². The molecular formula is C22H32ClN5O2. The predicted octanol–water partition coefficient (Wildman–Crippen LogP) is 3.07. The molecule has 0 aromatic heterocycles. The molecule has 1 aromatic carbocycles. The maximum atomic E-state index is 13.4. The molecule has 1 aromatic rings. The van der Waals surface area contributed by atoms with E-state index < -0.39 is 0 Å². The number of unbranched alkanes of at least 4 members (excludes halogenated alkanes) is 2. The van der Waals surface area contributed by atoms with Gasteiger partial charge >= 0.3 is 6.03 Å². The molecule has 0 bridgehead atoms. The van der Waals surface area contributed by atoms with Gasteiger partial charge < -0.3 is 9.80 Å². The molecular weight excluding hydrogens is 402 g/mol. The van der Waals surface area contributed by atoms with Crippen LogP contribution >= 0.6 is 11.6 Å². The summed E-state index contributed by atoms with van der Waals surface area (Å²) in [7, 11) is 1.79. The van der Waals surface area contributed by atoms with Crippen LogP contribution in [0, 0.1) is 12.8 Å². The van der Waals surface area contributed by atoms with Crippen LogP contribution in [0.2, 0.25) is 5.02 Å². The minimum absolute atomic E-state index is 0.0777. The van der Waals surface area contributed by atoms with Gasteiger partial charge in [0.2, 0.25) is 0 Å². The van der Waals surface area contributed by atoms with Gasteiger partial charge in [0, 0.05) is 37.4 Å². The highest BCUT2D eigenvalue weighted by atomic mass is 35.5. The normalized spacial score (nSPS) is 29.4. The van der Waals surface area contributed by atoms with Crippen molar-refractivity contribution in [1.82, 2.24) is 20.0 Å². The summed E-state index contributed by atoms with van der Waals surface area (Å²) in [5.41, 5.74) is 2.10. The third kappa shape index (κ3) is 3.47. The molecule has 0 radical (unpaired) electrons. The third-order valence-electron chi connectivity index (χ3n) is 6.62. The van der Waals surface area contributed by atoms with E-state index in [-0.39, 0.29) is 30.4 Å². The Morgan fingerprint density at radius 1 is 1.20 bits per heavy atom. The van der Waals surface area contributed by atoms with Crippen molar-refractivity contribution in [2.75, 3.05) is 31.6 Å². The molecule has 3 aliphatic rings. The van der Waals surface area contributed by atoms with Crippen molar-refractivity contribution < 1.29 is 9.59 Å². The zero-order valence-electron chi connectivity index (χ0n) is 18.3. The second-order valence-electron chi connectivity index (χ2n) is 8.86. The molecule has 7 nitrogen and oxygen atoms in total. The second kappa shape index (κ2) is 8.36. The van der Waals surface area contributed by atoms with Crippen molar-refractivity contribution in [3.8, 4) is 0 Å². The Bertz CT molecular complexity index is 834. The largest absolute Gasteiger partial charge is 0.343 e. The molecule has 0 spiro atoms. The number of urea groups is 1. The minimum Gasteiger partial charge on any atom is -0.343 e. The lowest BCUT2D eigenvalue weighted by atomic mass is 10.0. The van der Waals surface area contributed by atoms with Crippen molar-refractivity contribution in [2.45, 2.75) is 58.5 Å². The van der Waals surface area contributed by atoms with Crippen molar-refractivity contribution in [3.63, 3.8) is 0 Å². The van der Waals surface area contributed by atoms with Crippen molar-refractivity contribution in [1.29, 1.82) is 0 Å². The lowest BCUT2D eigenvalue weighted by Crippen LogP contribution is -2.66. The summed E-state index contributed by atoms with van der Waals surface area (Å²) >= 11 is 6.40. The predicted molar refractivity (Wildman–Crippen MR) is 118 cm³/mol. The number of likely N-dealkylation sites (N-methyl/N-ethyl adjacent to an activating group) is 1. The van der Waals surface area contributed by atoms with Crippen LogP contribution in [0.5, 0.6) is 0 Å². The van der Waals surface area contributed by atoms with E-state index in [4.69, 9.17) is 11.6 Å². The molecule has 3 fully saturated rings. The molecule has 3 amide bonds. The molecule has 0 saturated carbocycles. The van der Waals surface area contributed by atoms with Gasteiger partial charge in [0.1, 0.15) is 18.5 Å². The zero-order valence-corrected chi connectivity index (χ0v) is 19.0. The summed E-state index contributed by atoms with van der Waals surface area (Å²) in [5, 5.41) is 4.31.